The van der Waals surface area contributed by atoms with E-state index < -0.39 is 21.9 Å². The van der Waals surface area contributed by atoms with Gasteiger partial charge in [0.15, 0.2) is 0 Å². The molecule has 0 bridgehead atoms. The zero-order valence-electron chi connectivity index (χ0n) is 8.85. The van der Waals surface area contributed by atoms with Crippen LogP contribution in [0.5, 0.6) is 0 Å². The van der Waals surface area contributed by atoms with Crippen molar-refractivity contribution < 1.29 is 18.3 Å². The number of rotatable bonds is 6. The van der Waals surface area contributed by atoms with Crippen molar-refractivity contribution in [2.45, 2.75) is 26.2 Å². The molecule has 0 aromatic heterocycles. The third kappa shape index (κ3) is 3.17. The van der Waals surface area contributed by atoms with E-state index in [-0.39, 0.29) is 18.8 Å². The monoisotopic (exact) mass is 235 g/mol. The van der Waals surface area contributed by atoms with E-state index in [0.717, 1.165) is 12.8 Å². The number of hydrogen-bond acceptors (Lipinski definition) is 3. The molecule has 1 heterocycles. The first-order valence-corrected chi connectivity index (χ1v) is 6.79. The van der Waals surface area contributed by atoms with Crippen molar-refractivity contribution in [2.24, 2.45) is 5.92 Å². The maximum Gasteiger partial charge on any atom is 0.309 e. The summed E-state index contributed by atoms with van der Waals surface area (Å²) in [5.41, 5.74) is 0. The van der Waals surface area contributed by atoms with Gasteiger partial charge in [-0.15, -0.1) is 0 Å². The van der Waals surface area contributed by atoms with Crippen molar-refractivity contribution in [3.05, 3.63) is 0 Å². The predicted molar refractivity (Wildman–Crippen MR) is 56.0 cm³/mol. The highest BCUT2D eigenvalue weighted by Gasteiger charge is 2.39. The average Bonchev–Trinajstić information content (AvgIpc) is 1.99. The first-order valence-electron chi connectivity index (χ1n) is 5.18. The molecule has 1 N–H and O–H groups in total. The number of nitrogens with zero attached hydrogens (tertiary/aromatic N) is 1. The maximum atomic E-state index is 11.6. The number of carboxylic acid groups (broad SMARTS) is 1. The van der Waals surface area contributed by atoms with Crippen LogP contribution in [0.3, 0.4) is 0 Å². The van der Waals surface area contributed by atoms with E-state index in [1.807, 2.05) is 6.92 Å². The largest absolute Gasteiger partial charge is 0.481 e. The fraction of sp³-hybridized carbons (Fsp3) is 0.889. The molecule has 1 aliphatic heterocycles. The van der Waals surface area contributed by atoms with Crippen LogP contribution in [-0.4, -0.2) is 42.6 Å². The van der Waals surface area contributed by atoms with E-state index in [1.54, 1.807) is 0 Å². The van der Waals surface area contributed by atoms with E-state index in [0.29, 0.717) is 6.42 Å². The molecular formula is C9H17NO4S. The predicted octanol–water partition coefficient (Wildman–Crippen LogP) is 0.523. The van der Waals surface area contributed by atoms with Crippen molar-refractivity contribution in [1.82, 2.24) is 4.31 Å². The first-order chi connectivity index (χ1) is 6.97. The lowest BCUT2D eigenvalue weighted by Crippen LogP contribution is -2.53. The van der Waals surface area contributed by atoms with Crippen molar-refractivity contribution in [1.29, 1.82) is 0 Å². The Hall–Kier alpha value is -0.620. The molecule has 0 radical (unpaired) electrons. The third-order valence-corrected chi connectivity index (χ3v) is 4.49. The fourth-order valence-electron chi connectivity index (χ4n) is 1.49. The molecule has 0 aliphatic carbocycles. The highest BCUT2D eigenvalue weighted by molar-refractivity contribution is 7.89. The third-order valence-electron chi connectivity index (χ3n) is 2.60. The molecule has 6 heteroatoms. The molecule has 88 valence electrons. The number of sulfonamides is 1. The topological polar surface area (TPSA) is 74.7 Å². The van der Waals surface area contributed by atoms with E-state index >= 15 is 0 Å². The van der Waals surface area contributed by atoms with Gasteiger partial charge < -0.3 is 5.11 Å². The second-order valence-corrected chi connectivity index (χ2v) is 5.96. The van der Waals surface area contributed by atoms with Gasteiger partial charge in [-0.05, 0) is 6.42 Å². The van der Waals surface area contributed by atoms with Gasteiger partial charge in [-0.1, -0.05) is 19.8 Å². The molecule has 5 nitrogen and oxygen atoms in total. The number of carbonyl (C=O) groups is 1. The van der Waals surface area contributed by atoms with Crippen LogP contribution in [0, 0.1) is 5.92 Å². The molecule has 1 saturated heterocycles. The van der Waals surface area contributed by atoms with Crippen LogP contribution in [0.2, 0.25) is 0 Å². The summed E-state index contributed by atoms with van der Waals surface area (Å²) in [6, 6.07) is 0. The second-order valence-electron chi connectivity index (χ2n) is 3.88. The molecule has 0 aromatic carbocycles. The van der Waals surface area contributed by atoms with Gasteiger partial charge in [0, 0.05) is 13.1 Å². The van der Waals surface area contributed by atoms with E-state index in [2.05, 4.69) is 0 Å². The van der Waals surface area contributed by atoms with Gasteiger partial charge in [-0.25, -0.2) is 12.7 Å². The first kappa shape index (κ1) is 12.4. The molecule has 0 spiro atoms. The van der Waals surface area contributed by atoms with Gasteiger partial charge >= 0.3 is 5.97 Å². The van der Waals surface area contributed by atoms with Gasteiger partial charge in [0.25, 0.3) is 0 Å². The van der Waals surface area contributed by atoms with Crippen molar-refractivity contribution in [3.63, 3.8) is 0 Å². The summed E-state index contributed by atoms with van der Waals surface area (Å²) in [6.07, 6.45) is 2.54. The molecule has 1 fully saturated rings. The molecule has 0 atom stereocenters. The highest BCUT2D eigenvalue weighted by atomic mass is 32.2. The van der Waals surface area contributed by atoms with Crippen LogP contribution in [0.4, 0.5) is 0 Å². The SMILES string of the molecule is CCCCCS(=O)(=O)N1CC(C(=O)O)C1. The lowest BCUT2D eigenvalue weighted by atomic mass is 10.0. The molecule has 0 saturated carbocycles. The van der Waals surface area contributed by atoms with Gasteiger partial charge in [0.2, 0.25) is 10.0 Å². The number of unbranched alkanes of at least 4 members (excludes halogenated alkanes) is 2. The van der Waals surface area contributed by atoms with E-state index in [1.165, 1.54) is 4.31 Å². The van der Waals surface area contributed by atoms with Gasteiger partial charge in [0.05, 0.1) is 11.7 Å². The minimum absolute atomic E-state index is 0.143. The van der Waals surface area contributed by atoms with Crippen LogP contribution in [-0.2, 0) is 14.8 Å². The Morgan fingerprint density at radius 3 is 2.47 bits per heavy atom. The molecule has 0 aromatic rings. The van der Waals surface area contributed by atoms with Gasteiger partial charge in [0.1, 0.15) is 0 Å². The molecule has 15 heavy (non-hydrogen) atoms. The summed E-state index contributed by atoms with van der Waals surface area (Å²) in [5.74, 6) is -1.27. The van der Waals surface area contributed by atoms with E-state index in [9.17, 15) is 13.2 Å². The Kier molecular flexibility index (Phi) is 4.10. The Labute approximate surface area is 90.1 Å². The molecule has 1 aliphatic rings. The van der Waals surface area contributed by atoms with Crippen LogP contribution < -0.4 is 0 Å². The van der Waals surface area contributed by atoms with Crippen LogP contribution in [0.25, 0.3) is 0 Å². The van der Waals surface area contributed by atoms with Crippen LogP contribution >= 0.6 is 0 Å². The van der Waals surface area contributed by atoms with Gasteiger partial charge in [-0.2, -0.15) is 0 Å². The van der Waals surface area contributed by atoms with E-state index in [4.69, 9.17) is 5.11 Å². The standard InChI is InChI=1S/C9H17NO4S/c1-2-3-4-5-15(13,14)10-6-8(7-10)9(11)12/h8H,2-7H2,1H3,(H,11,12). The average molecular weight is 235 g/mol. The molecule has 0 amide bonds. The molecule has 0 unspecified atom stereocenters. The Morgan fingerprint density at radius 1 is 1.40 bits per heavy atom. The minimum atomic E-state index is -3.19. The number of aliphatic carboxylic acids is 1. The Morgan fingerprint density at radius 2 is 2.00 bits per heavy atom. The fourth-order valence-corrected chi connectivity index (χ4v) is 3.13. The van der Waals surface area contributed by atoms with Crippen molar-refractivity contribution in [3.8, 4) is 0 Å². The van der Waals surface area contributed by atoms with Crippen molar-refractivity contribution >= 4 is 16.0 Å². The smallest absolute Gasteiger partial charge is 0.309 e. The van der Waals surface area contributed by atoms with Crippen molar-refractivity contribution in [2.75, 3.05) is 18.8 Å². The summed E-state index contributed by atoms with van der Waals surface area (Å²) in [7, 11) is -3.19. The molecule has 1 rings (SSSR count). The second kappa shape index (κ2) is 4.94. The Balaban J connectivity index is 2.35. The zero-order valence-corrected chi connectivity index (χ0v) is 9.66. The minimum Gasteiger partial charge on any atom is -0.481 e. The summed E-state index contributed by atoms with van der Waals surface area (Å²) in [5, 5.41) is 8.61. The lowest BCUT2D eigenvalue weighted by Gasteiger charge is -2.35. The van der Waals surface area contributed by atoms with Gasteiger partial charge in [-0.3, -0.25) is 4.79 Å². The summed E-state index contributed by atoms with van der Waals surface area (Å²) < 4.78 is 24.4. The van der Waals surface area contributed by atoms with Crippen LogP contribution in [0.1, 0.15) is 26.2 Å². The normalized spacial score (nSPS) is 18.7. The molecular weight excluding hydrogens is 218 g/mol. The Bertz CT molecular complexity index is 319. The maximum absolute atomic E-state index is 11.6. The lowest BCUT2D eigenvalue weighted by molar-refractivity contribution is -0.145. The number of hydrogen-bond donors (Lipinski definition) is 1. The summed E-state index contributed by atoms with van der Waals surface area (Å²) in [4.78, 5) is 10.5. The van der Waals surface area contributed by atoms with Crippen LogP contribution in [0.15, 0.2) is 0 Å². The summed E-state index contributed by atoms with van der Waals surface area (Å²) >= 11 is 0. The summed E-state index contributed by atoms with van der Waals surface area (Å²) in [6.45, 7) is 2.30. The quantitative estimate of drug-likeness (QED) is 0.681. The zero-order chi connectivity index (χ0) is 11.5. The number of carboxylic acids is 1. The highest BCUT2D eigenvalue weighted by Crippen LogP contribution is 2.20.